The van der Waals surface area contributed by atoms with Gasteiger partial charge in [0.1, 0.15) is 5.54 Å². The molecule has 1 N–H and O–H groups in total. The molecule has 1 heterocycles. The molecule has 172 valence electrons. The minimum atomic E-state index is -2.85. The normalized spacial score (nSPS) is 18.8. The SMILES string of the molecule is CC(=O)N(c1ccccc1)c1ccc(C(=O)CN2C(=O)NC3(CCC(F)(F)CC3)C2=O)cc1. The molecule has 0 radical (unpaired) electrons. The molecule has 1 spiro atoms. The van der Waals surface area contributed by atoms with Crippen molar-refractivity contribution in [1.29, 1.82) is 0 Å². The van der Waals surface area contributed by atoms with Crippen LogP contribution in [0.3, 0.4) is 0 Å². The number of ketones is 1. The van der Waals surface area contributed by atoms with E-state index in [0.717, 1.165) is 4.90 Å². The van der Waals surface area contributed by atoms with Gasteiger partial charge in [-0.1, -0.05) is 18.2 Å². The number of carbonyl (C=O) groups is 4. The zero-order chi connectivity index (χ0) is 23.8. The van der Waals surface area contributed by atoms with E-state index in [1.165, 1.54) is 24.0 Å². The molecule has 1 saturated heterocycles. The Balaban J connectivity index is 1.47. The van der Waals surface area contributed by atoms with Crippen LogP contribution in [0.25, 0.3) is 0 Å². The second kappa shape index (κ2) is 8.38. The highest BCUT2D eigenvalue weighted by atomic mass is 19.3. The summed E-state index contributed by atoms with van der Waals surface area (Å²) in [7, 11) is 0. The maximum Gasteiger partial charge on any atom is 0.325 e. The number of imide groups is 1. The van der Waals surface area contributed by atoms with Crippen molar-refractivity contribution in [2.45, 2.75) is 44.1 Å². The fourth-order valence-corrected chi connectivity index (χ4v) is 4.32. The van der Waals surface area contributed by atoms with E-state index in [9.17, 15) is 28.0 Å². The average molecular weight is 455 g/mol. The fraction of sp³-hybridized carbons (Fsp3) is 0.333. The van der Waals surface area contributed by atoms with Crippen molar-refractivity contribution >= 4 is 35.0 Å². The maximum absolute atomic E-state index is 13.5. The Morgan fingerprint density at radius 1 is 0.939 bits per heavy atom. The first-order valence-corrected chi connectivity index (χ1v) is 10.6. The van der Waals surface area contributed by atoms with Crippen LogP contribution in [-0.4, -0.2) is 46.5 Å². The van der Waals surface area contributed by atoms with Crippen LogP contribution in [0.4, 0.5) is 25.0 Å². The second-order valence-electron chi connectivity index (χ2n) is 8.42. The summed E-state index contributed by atoms with van der Waals surface area (Å²) in [5, 5.41) is 2.53. The first-order valence-electron chi connectivity index (χ1n) is 10.6. The number of urea groups is 1. The molecule has 4 rings (SSSR count). The van der Waals surface area contributed by atoms with Crippen LogP contribution in [0.2, 0.25) is 0 Å². The second-order valence-corrected chi connectivity index (χ2v) is 8.42. The highest BCUT2D eigenvalue weighted by Crippen LogP contribution is 2.41. The van der Waals surface area contributed by atoms with Gasteiger partial charge in [-0.15, -0.1) is 0 Å². The minimum absolute atomic E-state index is 0.162. The van der Waals surface area contributed by atoms with Gasteiger partial charge in [0.25, 0.3) is 5.91 Å². The molecule has 0 bridgehead atoms. The Hall–Kier alpha value is -3.62. The van der Waals surface area contributed by atoms with Crippen molar-refractivity contribution in [3.05, 3.63) is 60.2 Å². The topological polar surface area (TPSA) is 86.8 Å². The lowest BCUT2D eigenvalue weighted by atomic mass is 9.80. The molecule has 2 aromatic carbocycles. The molecule has 2 aromatic rings. The van der Waals surface area contributed by atoms with Crippen molar-refractivity contribution in [1.82, 2.24) is 10.2 Å². The number of nitrogens with one attached hydrogen (secondary N) is 1. The van der Waals surface area contributed by atoms with E-state index in [0.29, 0.717) is 11.4 Å². The summed E-state index contributed by atoms with van der Waals surface area (Å²) in [5.74, 6) is -4.17. The molecule has 0 unspecified atom stereocenters. The number of benzene rings is 2. The zero-order valence-corrected chi connectivity index (χ0v) is 18.0. The Bertz CT molecular complexity index is 1090. The number of rotatable bonds is 5. The monoisotopic (exact) mass is 455 g/mol. The van der Waals surface area contributed by atoms with Gasteiger partial charge in [0.05, 0.1) is 6.54 Å². The van der Waals surface area contributed by atoms with Crippen molar-refractivity contribution in [2.75, 3.05) is 11.4 Å². The van der Waals surface area contributed by atoms with Crippen LogP contribution in [0.5, 0.6) is 0 Å². The Kier molecular flexibility index (Phi) is 5.73. The predicted octanol–water partition coefficient (Wildman–Crippen LogP) is 4.05. The number of amides is 4. The molecular formula is C24H23F2N3O4. The van der Waals surface area contributed by atoms with Crippen LogP contribution in [0, 0.1) is 0 Å². The summed E-state index contributed by atoms with van der Waals surface area (Å²) < 4.78 is 27.1. The van der Waals surface area contributed by atoms with E-state index in [2.05, 4.69) is 5.32 Å². The number of hydrogen-bond acceptors (Lipinski definition) is 4. The van der Waals surface area contributed by atoms with Crippen LogP contribution in [-0.2, 0) is 9.59 Å². The molecular weight excluding hydrogens is 432 g/mol. The lowest BCUT2D eigenvalue weighted by molar-refractivity contribution is -0.135. The first-order chi connectivity index (χ1) is 15.6. The Morgan fingerprint density at radius 3 is 2.09 bits per heavy atom. The van der Waals surface area contributed by atoms with Gasteiger partial charge in [0.2, 0.25) is 11.8 Å². The Morgan fingerprint density at radius 2 is 1.52 bits per heavy atom. The quantitative estimate of drug-likeness (QED) is 0.544. The predicted molar refractivity (Wildman–Crippen MR) is 116 cm³/mol. The summed E-state index contributed by atoms with van der Waals surface area (Å²) in [6.45, 7) is 0.942. The van der Waals surface area contributed by atoms with Gasteiger partial charge < -0.3 is 5.32 Å². The van der Waals surface area contributed by atoms with E-state index in [-0.39, 0.29) is 24.3 Å². The Labute approximate surface area is 189 Å². The summed E-state index contributed by atoms with van der Waals surface area (Å²) in [6.07, 6.45) is -1.30. The molecule has 2 fully saturated rings. The third-order valence-electron chi connectivity index (χ3n) is 6.16. The van der Waals surface area contributed by atoms with Gasteiger partial charge in [-0.25, -0.2) is 13.6 Å². The molecule has 0 aromatic heterocycles. The van der Waals surface area contributed by atoms with E-state index >= 15 is 0 Å². The number of anilines is 2. The molecule has 9 heteroatoms. The highest BCUT2D eigenvalue weighted by molar-refractivity contribution is 6.11. The van der Waals surface area contributed by atoms with Gasteiger partial charge in [-0.3, -0.25) is 24.2 Å². The van der Waals surface area contributed by atoms with Crippen LogP contribution < -0.4 is 10.2 Å². The molecule has 1 aliphatic heterocycles. The number of carbonyl (C=O) groups excluding carboxylic acids is 4. The molecule has 1 saturated carbocycles. The number of hydrogen-bond donors (Lipinski definition) is 1. The van der Waals surface area contributed by atoms with Crippen molar-refractivity contribution in [3.8, 4) is 0 Å². The molecule has 0 atom stereocenters. The van der Waals surface area contributed by atoms with Crippen LogP contribution >= 0.6 is 0 Å². The number of nitrogens with zero attached hydrogens (tertiary/aromatic N) is 2. The smallest absolute Gasteiger partial charge is 0.323 e. The van der Waals surface area contributed by atoms with E-state index in [1.54, 1.807) is 24.3 Å². The summed E-state index contributed by atoms with van der Waals surface area (Å²) in [5.41, 5.74) is 0.127. The highest BCUT2D eigenvalue weighted by Gasteiger charge is 2.55. The molecule has 7 nitrogen and oxygen atoms in total. The number of Topliss-reactive ketones (excluding diaryl/α,β-unsaturated/α-hetero) is 1. The van der Waals surface area contributed by atoms with Crippen LogP contribution in [0.15, 0.2) is 54.6 Å². The maximum atomic E-state index is 13.5. The number of alkyl halides is 2. The van der Waals surface area contributed by atoms with Gasteiger partial charge >= 0.3 is 6.03 Å². The summed E-state index contributed by atoms with van der Waals surface area (Å²) in [4.78, 5) is 52.5. The first kappa shape index (κ1) is 22.6. The largest absolute Gasteiger partial charge is 0.325 e. The molecule has 2 aliphatic rings. The van der Waals surface area contributed by atoms with Crippen molar-refractivity contribution < 1.29 is 28.0 Å². The zero-order valence-electron chi connectivity index (χ0n) is 18.0. The van der Waals surface area contributed by atoms with Crippen molar-refractivity contribution in [3.63, 3.8) is 0 Å². The van der Waals surface area contributed by atoms with E-state index < -0.39 is 48.6 Å². The molecule has 33 heavy (non-hydrogen) atoms. The lowest BCUT2D eigenvalue weighted by Gasteiger charge is -2.34. The van der Waals surface area contributed by atoms with E-state index in [1.807, 2.05) is 18.2 Å². The van der Waals surface area contributed by atoms with Gasteiger partial charge in [0, 0.05) is 36.7 Å². The van der Waals surface area contributed by atoms with Crippen LogP contribution in [0.1, 0.15) is 43.0 Å². The average Bonchev–Trinajstić information content (AvgIpc) is 3.01. The number of halogens is 2. The van der Waals surface area contributed by atoms with Gasteiger partial charge in [-0.05, 0) is 49.2 Å². The fourth-order valence-electron chi connectivity index (χ4n) is 4.32. The van der Waals surface area contributed by atoms with Crippen molar-refractivity contribution in [2.24, 2.45) is 0 Å². The van der Waals surface area contributed by atoms with Gasteiger partial charge in [0.15, 0.2) is 5.78 Å². The molecule has 1 aliphatic carbocycles. The standard InChI is InChI=1S/C24H23F2N3O4/c1-16(30)29(18-5-3-2-4-6-18)19-9-7-17(8-10-19)20(31)15-28-21(32)23(27-22(28)33)11-13-24(25,26)14-12-23/h2-10H,11-15H2,1H3,(H,27,33). The summed E-state index contributed by atoms with van der Waals surface area (Å²) >= 11 is 0. The van der Waals surface area contributed by atoms with E-state index in [4.69, 9.17) is 0 Å². The number of para-hydroxylation sites is 1. The molecule has 4 amide bonds. The third-order valence-corrected chi connectivity index (χ3v) is 6.16. The third kappa shape index (κ3) is 4.35. The van der Waals surface area contributed by atoms with Gasteiger partial charge in [-0.2, -0.15) is 0 Å². The minimum Gasteiger partial charge on any atom is -0.323 e. The lowest BCUT2D eigenvalue weighted by Crippen LogP contribution is -2.51. The summed E-state index contributed by atoms with van der Waals surface area (Å²) in [6, 6.07) is 14.5.